The van der Waals surface area contributed by atoms with Gasteiger partial charge >= 0.3 is 0 Å². The highest BCUT2D eigenvalue weighted by Crippen LogP contribution is 2.41. The third-order valence-corrected chi connectivity index (χ3v) is 6.34. The molecular formula is C23H34N+. The van der Waals surface area contributed by atoms with Crippen molar-refractivity contribution in [1.82, 2.24) is 0 Å². The fourth-order valence-corrected chi connectivity index (χ4v) is 4.62. The number of fused-ring (bicyclic) bond motifs is 1. The maximum absolute atomic E-state index is 2.61. The van der Waals surface area contributed by atoms with Gasteiger partial charge in [0.2, 0.25) is 0 Å². The van der Waals surface area contributed by atoms with Crippen LogP contribution in [0.3, 0.4) is 0 Å². The summed E-state index contributed by atoms with van der Waals surface area (Å²) in [5.74, 6) is 1.56. The van der Waals surface area contributed by atoms with Gasteiger partial charge in [-0.15, -0.1) is 0 Å². The van der Waals surface area contributed by atoms with E-state index in [4.69, 9.17) is 0 Å². The summed E-state index contributed by atoms with van der Waals surface area (Å²) in [6.07, 6.45) is 8.75. The van der Waals surface area contributed by atoms with Crippen molar-refractivity contribution in [2.24, 2.45) is 11.8 Å². The molecule has 1 aromatic carbocycles. The Balaban J connectivity index is 1.80. The Kier molecular flexibility index (Phi) is 5.30. The molecule has 0 saturated carbocycles. The third-order valence-electron chi connectivity index (χ3n) is 6.34. The largest absolute Gasteiger partial charge is 0.315 e. The molecule has 2 unspecified atom stereocenters. The predicted octanol–water partition coefficient (Wildman–Crippen LogP) is 5.87. The molecule has 0 amide bonds. The second-order valence-electron chi connectivity index (χ2n) is 8.22. The number of nitrogens with zero attached hydrogens (tertiary/aromatic N) is 1. The van der Waals surface area contributed by atoms with E-state index in [1.807, 2.05) is 0 Å². The van der Waals surface area contributed by atoms with Gasteiger partial charge in [0.05, 0.1) is 13.1 Å². The summed E-state index contributed by atoms with van der Waals surface area (Å²) in [5.41, 5.74) is 6.30. The van der Waals surface area contributed by atoms with Crippen LogP contribution in [-0.4, -0.2) is 17.6 Å². The van der Waals surface area contributed by atoms with Crippen LogP contribution >= 0.6 is 0 Å². The first-order chi connectivity index (χ1) is 11.5. The summed E-state index contributed by atoms with van der Waals surface area (Å²) < 4.78 is 1.29. The molecule has 1 spiro atoms. The molecular weight excluding hydrogens is 290 g/mol. The summed E-state index contributed by atoms with van der Waals surface area (Å²) in [5, 5.41) is 0. The Bertz CT molecular complexity index is 612. The first kappa shape index (κ1) is 17.5. The zero-order valence-electron chi connectivity index (χ0n) is 16.0. The van der Waals surface area contributed by atoms with Gasteiger partial charge < -0.3 is 4.48 Å². The van der Waals surface area contributed by atoms with Gasteiger partial charge in [-0.25, -0.2) is 0 Å². The number of hydrogen-bond donors (Lipinski definition) is 0. The molecule has 130 valence electrons. The maximum atomic E-state index is 2.61. The van der Waals surface area contributed by atoms with Crippen molar-refractivity contribution >= 4 is 0 Å². The van der Waals surface area contributed by atoms with Gasteiger partial charge in [0.1, 0.15) is 13.1 Å². The lowest BCUT2D eigenvalue weighted by molar-refractivity contribution is -0.938. The van der Waals surface area contributed by atoms with Crippen LogP contribution in [0.2, 0.25) is 0 Å². The molecule has 1 saturated heterocycles. The van der Waals surface area contributed by atoms with Gasteiger partial charge in [-0.1, -0.05) is 61.4 Å². The van der Waals surface area contributed by atoms with Gasteiger partial charge in [-0.2, -0.15) is 0 Å². The number of hydrogen-bond acceptors (Lipinski definition) is 0. The quantitative estimate of drug-likeness (QED) is 0.469. The molecule has 0 aliphatic carbocycles. The van der Waals surface area contributed by atoms with Crippen molar-refractivity contribution in [3.8, 4) is 0 Å². The highest BCUT2D eigenvalue weighted by atomic mass is 15.4. The number of benzene rings is 1. The van der Waals surface area contributed by atoms with E-state index in [-0.39, 0.29) is 0 Å². The SMILES string of the molecule is CCC(C)=CCC1C[N+]2(Cc3ccccc3C2)CC1C=C(C)CC. The first-order valence-corrected chi connectivity index (χ1v) is 9.80. The standard InChI is InChI=1S/C23H34N/c1-5-18(3)11-12-22-16-24(17-23(22)13-19(4)6-2)14-20-9-7-8-10-21(20)15-24/h7-11,13,22-23H,5-6,12,14-17H2,1-4H3/q+1. The molecule has 3 rings (SSSR count). The molecule has 2 aliphatic rings. The van der Waals surface area contributed by atoms with E-state index < -0.39 is 0 Å². The molecule has 1 aromatic rings. The second kappa shape index (κ2) is 7.27. The zero-order valence-corrected chi connectivity index (χ0v) is 16.0. The third kappa shape index (κ3) is 3.67. The summed E-state index contributed by atoms with van der Waals surface area (Å²) >= 11 is 0. The minimum Gasteiger partial charge on any atom is -0.315 e. The molecule has 2 aliphatic heterocycles. The van der Waals surface area contributed by atoms with Crippen molar-refractivity contribution in [2.45, 2.75) is 60.0 Å². The normalized spacial score (nSPS) is 26.2. The summed E-state index contributed by atoms with van der Waals surface area (Å²) in [6, 6.07) is 9.11. The number of quaternary nitrogens is 1. The van der Waals surface area contributed by atoms with Gasteiger partial charge in [0.15, 0.2) is 0 Å². The van der Waals surface area contributed by atoms with Crippen LogP contribution in [0.15, 0.2) is 47.6 Å². The van der Waals surface area contributed by atoms with Crippen LogP contribution in [0.25, 0.3) is 0 Å². The van der Waals surface area contributed by atoms with E-state index in [9.17, 15) is 0 Å². The van der Waals surface area contributed by atoms with Gasteiger partial charge in [0.25, 0.3) is 0 Å². The van der Waals surface area contributed by atoms with E-state index >= 15 is 0 Å². The van der Waals surface area contributed by atoms with Crippen LogP contribution in [-0.2, 0) is 13.1 Å². The van der Waals surface area contributed by atoms with Crippen LogP contribution in [0, 0.1) is 11.8 Å². The molecule has 0 aromatic heterocycles. The van der Waals surface area contributed by atoms with Gasteiger partial charge in [0, 0.05) is 23.0 Å². The van der Waals surface area contributed by atoms with Crippen LogP contribution in [0.4, 0.5) is 0 Å². The predicted molar refractivity (Wildman–Crippen MR) is 104 cm³/mol. The van der Waals surface area contributed by atoms with E-state index in [0.717, 1.165) is 11.8 Å². The van der Waals surface area contributed by atoms with Crippen LogP contribution in [0.5, 0.6) is 0 Å². The Morgan fingerprint density at radius 3 is 2.21 bits per heavy atom. The minimum atomic E-state index is 0.750. The van der Waals surface area contributed by atoms with E-state index in [0.29, 0.717) is 0 Å². The van der Waals surface area contributed by atoms with Crippen molar-refractivity contribution in [2.75, 3.05) is 13.1 Å². The smallest absolute Gasteiger partial charge is 0.105 e. The highest BCUT2D eigenvalue weighted by Gasteiger charge is 2.47. The molecule has 1 fully saturated rings. The average molecular weight is 325 g/mol. The van der Waals surface area contributed by atoms with Crippen molar-refractivity contribution in [3.05, 3.63) is 58.7 Å². The number of allylic oxidation sites excluding steroid dienone is 3. The lowest BCUT2D eigenvalue weighted by Crippen LogP contribution is -2.40. The molecule has 24 heavy (non-hydrogen) atoms. The Labute approximate surface area is 148 Å². The van der Waals surface area contributed by atoms with Crippen molar-refractivity contribution in [1.29, 1.82) is 0 Å². The molecule has 1 heteroatoms. The molecule has 2 heterocycles. The van der Waals surface area contributed by atoms with E-state index in [1.165, 1.54) is 49.9 Å². The first-order valence-electron chi connectivity index (χ1n) is 9.80. The summed E-state index contributed by atoms with van der Waals surface area (Å²) in [7, 11) is 0. The van der Waals surface area contributed by atoms with Crippen LogP contribution < -0.4 is 0 Å². The highest BCUT2D eigenvalue weighted by molar-refractivity contribution is 5.28. The maximum Gasteiger partial charge on any atom is 0.105 e. The zero-order chi connectivity index (χ0) is 17.2. The Hall–Kier alpha value is -1.34. The lowest BCUT2D eigenvalue weighted by Gasteiger charge is -2.29. The van der Waals surface area contributed by atoms with Gasteiger partial charge in [-0.05, 0) is 33.1 Å². The minimum absolute atomic E-state index is 0.750. The average Bonchev–Trinajstić information content (AvgIpc) is 3.11. The molecule has 1 nitrogen and oxygen atoms in total. The Morgan fingerprint density at radius 2 is 1.62 bits per heavy atom. The van der Waals surface area contributed by atoms with Crippen molar-refractivity contribution < 1.29 is 4.48 Å². The van der Waals surface area contributed by atoms with Gasteiger partial charge in [-0.3, -0.25) is 0 Å². The fourth-order valence-electron chi connectivity index (χ4n) is 4.62. The van der Waals surface area contributed by atoms with E-state index in [1.54, 1.807) is 22.3 Å². The topological polar surface area (TPSA) is 0 Å². The molecule has 2 atom stereocenters. The summed E-state index contributed by atoms with van der Waals surface area (Å²) in [4.78, 5) is 0. The number of rotatable bonds is 5. The van der Waals surface area contributed by atoms with Crippen molar-refractivity contribution in [3.63, 3.8) is 0 Å². The van der Waals surface area contributed by atoms with Crippen LogP contribution in [0.1, 0.15) is 58.1 Å². The van der Waals surface area contributed by atoms with E-state index in [2.05, 4.69) is 64.1 Å². The summed E-state index contributed by atoms with van der Waals surface area (Å²) in [6.45, 7) is 14.3. The molecule has 0 N–H and O–H groups in total. The molecule has 0 bridgehead atoms. The molecule has 0 radical (unpaired) electrons. The fraction of sp³-hybridized carbons (Fsp3) is 0.565. The monoisotopic (exact) mass is 324 g/mol. The Morgan fingerprint density at radius 1 is 1.00 bits per heavy atom. The second-order valence-corrected chi connectivity index (χ2v) is 8.22. The lowest BCUT2D eigenvalue weighted by atomic mass is 9.90.